The molecular formula is C43H72O3. The van der Waals surface area contributed by atoms with Crippen molar-refractivity contribution in [1.82, 2.24) is 0 Å². The lowest BCUT2D eigenvalue weighted by Gasteiger charge is -2.14. The fraction of sp³-hybridized carbons (Fsp3) is 0.628. The molecule has 0 aromatic rings. The second kappa shape index (κ2) is 29.0. The van der Waals surface area contributed by atoms with Crippen LogP contribution in [-0.4, -0.2) is 37.6 Å². The van der Waals surface area contributed by atoms with Crippen LogP contribution in [-0.2, 0) is 9.47 Å². The first kappa shape index (κ1) is 43.8. The van der Waals surface area contributed by atoms with Gasteiger partial charge < -0.3 is 14.6 Å². The minimum Gasteiger partial charge on any atom is -0.394 e. The molecule has 0 heterocycles. The third kappa shape index (κ3) is 29.2. The highest BCUT2D eigenvalue weighted by Gasteiger charge is 2.07. The first-order chi connectivity index (χ1) is 21.9. The van der Waals surface area contributed by atoms with Crippen LogP contribution in [0.25, 0.3) is 0 Å². The van der Waals surface area contributed by atoms with Crippen molar-refractivity contribution >= 4 is 0 Å². The smallest absolute Gasteiger partial charge is 0.104 e. The van der Waals surface area contributed by atoms with E-state index in [1.807, 2.05) is 0 Å². The Kier molecular flexibility index (Phi) is 27.6. The number of hydrogen-bond acceptors (Lipinski definition) is 3. The van der Waals surface area contributed by atoms with Crippen molar-refractivity contribution in [3.63, 3.8) is 0 Å². The molecule has 0 rings (SSSR count). The molecule has 0 bridgehead atoms. The Balaban J connectivity index is 4.20. The minimum atomic E-state index is -0.297. The molecule has 0 radical (unpaired) electrons. The zero-order chi connectivity index (χ0) is 34.6. The number of rotatable bonds is 26. The minimum absolute atomic E-state index is 0.0331. The van der Waals surface area contributed by atoms with Gasteiger partial charge in [0, 0.05) is 0 Å². The normalized spacial score (nSPS) is 14.5. The Morgan fingerprint density at radius 2 is 0.739 bits per heavy atom. The van der Waals surface area contributed by atoms with Gasteiger partial charge in [0.15, 0.2) is 0 Å². The van der Waals surface area contributed by atoms with Crippen molar-refractivity contribution < 1.29 is 14.6 Å². The molecular weight excluding hydrogens is 564 g/mol. The van der Waals surface area contributed by atoms with E-state index in [2.05, 4.69) is 118 Å². The molecule has 0 unspecified atom stereocenters. The summed E-state index contributed by atoms with van der Waals surface area (Å²) in [6.07, 6.45) is 31.5. The molecule has 1 atom stereocenters. The number of allylic oxidation sites excluding steroid dienone is 14. The second-order valence-electron chi connectivity index (χ2n) is 13.8. The van der Waals surface area contributed by atoms with Crippen LogP contribution in [0.15, 0.2) is 93.2 Å². The van der Waals surface area contributed by atoms with Gasteiger partial charge in [0.05, 0.1) is 26.4 Å². The standard InChI is InChI=1S/C43H72O3/c1-35(2)17-11-19-37(5)21-13-23-39(7)25-15-27-41(9)29-31-45-34-43(33-44)46-32-30-42(10)28-16-26-40(8)24-14-22-38(6)20-12-18-36(3)4/h17-18,21-22,25-26,29-30,43-44H,11-16,19-20,23-24,27-28,31-34H2,1-10H3/b37-21+,38-22+,39-25+,40-26+,41-29+,42-30+/t43-/m1/s1. The third-order valence-corrected chi connectivity index (χ3v) is 8.13. The Bertz CT molecular complexity index is 1050. The van der Waals surface area contributed by atoms with Crippen molar-refractivity contribution in [2.75, 3.05) is 26.4 Å². The van der Waals surface area contributed by atoms with Crippen molar-refractivity contribution in [2.45, 2.75) is 152 Å². The van der Waals surface area contributed by atoms with Gasteiger partial charge in [0.2, 0.25) is 0 Å². The van der Waals surface area contributed by atoms with Gasteiger partial charge in [-0.2, -0.15) is 0 Å². The molecule has 0 saturated carbocycles. The number of hydrogen-bond donors (Lipinski definition) is 1. The lowest BCUT2D eigenvalue weighted by molar-refractivity contribution is -0.0272. The summed E-state index contributed by atoms with van der Waals surface area (Å²) in [5, 5.41) is 9.72. The quantitative estimate of drug-likeness (QED) is 0.0758. The van der Waals surface area contributed by atoms with Gasteiger partial charge in [-0.25, -0.2) is 0 Å². The van der Waals surface area contributed by atoms with E-state index in [-0.39, 0.29) is 12.7 Å². The predicted octanol–water partition coefficient (Wildman–Crippen LogP) is 12.7. The van der Waals surface area contributed by atoms with Gasteiger partial charge in [-0.05, 0) is 146 Å². The third-order valence-electron chi connectivity index (χ3n) is 8.13. The SMILES string of the molecule is CC(C)=CCC/C(C)=C/CC/C(C)=C/CC/C(C)=C/COC[C@@H](CO)OC/C=C(\C)CC/C=C(\C)CC/C=C(\C)CCC=C(C)C. The van der Waals surface area contributed by atoms with E-state index in [0.717, 1.165) is 77.0 Å². The second-order valence-corrected chi connectivity index (χ2v) is 13.8. The largest absolute Gasteiger partial charge is 0.394 e. The van der Waals surface area contributed by atoms with Gasteiger partial charge in [-0.15, -0.1) is 0 Å². The molecule has 262 valence electrons. The topological polar surface area (TPSA) is 38.7 Å². The van der Waals surface area contributed by atoms with Crippen LogP contribution in [0.5, 0.6) is 0 Å². The Labute approximate surface area is 286 Å². The van der Waals surface area contributed by atoms with Crippen LogP contribution in [0.3, 0.4) is 0 Å². The van der Waals surface area contributed by atoms with E-state index in [1.54, 1.807) is 0 Å². The molecule has 0 aliphatic rings. The maximum Gasteiger partial charge on any atom is 0.104 e. The van der Waals surface area contributed by atoms with Gasteiger partial charge in [-0.1, -0.05) is 93.2 Å². The molecule has 3 nitrogen and oxygen atoms in total. The fourth-order valence-electron chi connectivity index (χ4n) is 4.86. The summed E-state index contributed by atoms with van der Waals surface area (Å²) in [6, 6.07) is 0. The van der Waals surface area contributed by atoms with Crippen LogP contribution in [0.4, 0.5) is 0 Å². The summed E-state index contributed by atoms with van der Waals surface area (Å²) < 4.78 is 11.7. The maximum absolute atomic E-state index is 9.72. The van der Waals surface area contributed by atoms with Gasteiger partial charge in [0.1, 0.15) is 6.10 Å². The lowest BCUT2D eigenvalue weighted by Crippen LogP contribution is -2.24. The summed E-state index contributed by atoms with van der Waals surface area (Å²) in [5.41, 5.74) is 11.4. The first-order valence-electron chi connectivity index (χ1n) is 17.9. The van der Waals surface area contributed by atoms with Crippen LogP contribution in [0.1, 0.15) is 146 Å². The van der Waals surface area contributed by atoms with E-state index in [1.165, 1.54) is 44.6 Å². The molecule has 3 heteroatoms. The van der Waals surface area contributed by atoms with Crippen molar-refractivity contribution in [2.24, 2.45) is 0 Å². The molecule has 0 spiro atoms. The lowest BCUT2D eigenvalue weighted by atomic mass is 10.0. The average molecular weight is 637 g/mol. The molecule has 0 fully saturated rings. The molecule has 1 N–H and O–H groups in total. The predicted molar refractivity (Wildman–Crippen MR) is 204 cm³/mol. The molecule has 46 heavy (non-hydrogen) atoms. The van der Waals surface area contributed by atoms with E-state index >= 15 is 0 Å². The number of aliphatic hydroxyl groups excluding tert-OH is 1. The van der Waals surface area contributed by atoms with Crippen LogP contribution < -0.4 is 0 Å². The molecule has 0 aliphatic heterocycles. The Morgan fingerprint density at radius 3 is 1.07 bits per heavy atom. The molecule has 0 aliphatic carbocycles. The average Bonchev–Trinajstić information content (AvgIpc) is 2.98. The summed E-state index contributed by atoms with van der Waals surface area (Å²) in [5.74, 6) is 0. The highest BCUT2D eigenvalue weighted by molar-refractivity contribution is 5.08. The van der Waals surface area contributed by atoms with E-state index in [0.29, 0.717) is 19.8 Å². The highest BCUT2D eigenvalue weighted by Crippen LogP contribution is 2.15. The van der Waals surface area contributed by atoms with E-state index in [4.69, 9.17) is 9.47 Å². The van der Waals surface area contributed by atoms with Crippen molar-refractivity contribution in [3.05, 3.63) is 93.2 Å². The van der Waals surface area contributed by atoms with Crippen molar-refractivity contribution in [3.8, 4) is 0 Å². The van der Waals surface area contributed by atoms with Crippen LogP contribution in [0.2, 0.25) is 0 Å². The summed E-state index contributed by atoms with van der Waals surface area (Å²) in [6.45, 7) is 23.4. The first-order valence-corrected chi connectivity index (χ1v) is 17.9. The van der Waals surface area contributed by atoms with Gasteiger partial charge in [0.25, 0.3) is 0 Å². The zero-order valence-electron chi connectivity index (χ0n) is 31.8. The zero-order valence-corrected chi connectivity index (χ0v) is 31.8. The number of aliphatic hydroxyl groups is 1. The monoisotopic (exact) mass is 637 g/mol. The van der Waals surface area contributed by atoms with Crippen LogP contribution in [0, 0.1) is 0 Å². The molecule has 0 saturated heterocycles. The van der Waals surface area contributed by atoms with Crippen molar-refractivity contribution in [1.29, 1.82) is 0 Å². The van der Waals surface area contributed by atoms with Gasteiger partial charge in [-0.3, -0.25) is 0 Å². The maximum atomic E-state index is 9.72. The molecule has 0 aromatic heterocycles. The van der Waals surface area contributed by atoms with E-state index in [9.17, 15) is 5.11 Å². The Morgan fingerprint density at radius 1 is 0.435 bits per heavy atom. The number of ether oxygens (including phenoxy) is 2. The molecule has 0 amide bonds. The van der Waals surface area contributed by atoms with Gasteiger partial charge >= 0.3 is 0 Å². The Hall–Kier alpha value is -2.20. The summed E-state index contributed by atoms with van der Waals surface area (Å²) >= 11 is 0. The fourth-order valence-corrected chi connectivity index (χ4v) is 4.86. The van der Waals surface area contributed by atoms with Crippen LogP contribution >= 0.6 is 0 Å². The summed E-state index contributed by atoms with van der Waals surface area (Å²) in [7, 11) is 0. The molecule has 0 aromatic carbocycles. The highest BCUT2D eigenvalue weighted by atomic mass is 16.5. The summed E-state index contributed by atoms with van der Waals surface area (Å²) in [4.78, 5) is 0. The van der Waals surface area contributed by atoms with E-state index < -0.39 is 0 Å².